The third-order valence-corrected chi connectivity index (χ3v) is 2.88. The van der Waals surface area contributed by atoms with E-state index in [-0.39, 0.29) is 12.4 Å². The Labute approximate surface area is 90.3 Å². The number of halogens is 1. The molecule has 0 bridgehead atoms. The van der Waals surface area contributed by atoms with Crippen molar-refractivity contribution >= 4 is 5.69 Å². The molecule has 0 radical (unpaired) electrons. The minimum atomic E-state index is -0.342. The number of rotatable bonds is 4. The Morgan fingerprint density at radius 1 is 1.47 bits per heavy atom. The van der Waals surface area contributed by atoms with E-state index in [1.807, 2.05) is 18.0 Å². The minimum Gasteiger partial charge on any atom is -0.391 e. The predicted octanol–water partition coefficient (Wildman–Crippen LogP) is 2.55. The summed E-state index contributed by atoms with van der Waals surface area (Å²) in [6.45, 7) is 3.90. The topological polar surface area (TPSA) is 23.5 Å². The van der Waals surface area contributed by atoms with Crippen LogP contribution in [0, 0.1) is 5.82 Å². The fourth-order valence-corrected chi connectivity index (χ4v) is 1.55. The lowest BCUT2D eigenvalue weighted by atomic mass is 10.1. The first-order valence-electron chi connectivity index (χ1n) is 5.22. The standard InChI is InChI=1S/C12H18FNO/c1-4-9(2)14(3)12-7-5-6-11(13)10(12)8-15/h5-7,9,15H,4,8H2,1-3H3. The molecule has 0 amide bonds. The molecule has 3 heteroatoms. The number of benzene rings is 1. The summed E-state index contributed by atoms with van der Waals surface area (Å²) in [7, 11) is 1.92. The lowest BCUT2D eigenvalue weighted by Crippen LogP contribution is -2.29. The van der Waals surface area contributed by atoms with Gasteiger partial charge in [0.05, 0.1) is 6.61 Å². The average Bonchev–Trinajstić information content (AvgIpc) is 2.26. The molecule has 0 saturated heterocycles. The Bertz CT molecular complexity index is 327. The fourth-order valence-electron chi connectivity index (χ4n) is 1.55. The summed E-state index contributed by atoms with van der Waals surface area (Å²) in [5.74, 6) is -0.342. The second-order valence-electron chi connectivity index (χ2n) is 3.76. The monoisotopic (exact) mass is 211 g/mol. The highest BCUT2D eigenvalue weighted by Crippen LogP contribution is 2.24. The molecule has 0 aromatic heterocycles. The summed E-state index contributed by atoms with van der Waals surface area (Å²) < 4.78 is 13.4. The summed E-state index contributed by atoms with van der Waals surface area (Å²) in [5.41, 5.74) is 1.15. The molecule has 0 aliphatic rings. The Hall–Kier alpha value is -1.09. The van der Waals surface area contributed by atoms with Gasteiger partial charge in [-0.25, -0.2) is 4.39 Å². The second kappa shape index (κ2) is 5.12. The van der Waals surface area contributed by atoms with E-state index in [1.54, 1.807) is 6.07 Å². The number of hydrogen-bond acceptors (Lipinski definition) is 2. The molecule has 0 saturated carbocycles. The van der Waals surface area contributed by atoms with Crippen molar-refractivity contribution in [2.24, 2.45) is 0 Å². The zero-order valence-electron chi connectivity index (χ0n) is 9.50. The Kier molecular flexibility index (Phi) is 4.09. The largest absolute Gasteiger partial charge is 0.391 e. The van der Waals surface area contributed by atoms with Gasteiger partial charge in [0.1, 0.15) is 5.82 Å². The van der Waals surface area contributed by atoms with E-state index in [1.165, 1.54) is 6.07 Å². The fraction of sp³-hybridized carbons (Fsp3) is 0.500. The molecular formula is C12H18FNO. The zero-order valence-corrected chi connectivity index (χ0v) is 9.50. The van der Waals surface area contributed by atoms with Gasteiger partial charge in [-0.2, -0.15) is 0 Å². The van der Waals surface area contributed by atoms with Gasteiger partial charge >= 0.3 is 0 Å². The summed E-state index contributed by atoms with van der Waals surface area (Å²) in [6, 6.07) is 5.21. The van der Waals surface area contributed by atoms with Crippen molar-refractivity contribution in [1.29, 1.82) is 0 Å². The van der Waals surface area contributed by atoms with Crippen LogP contribution in [0.2, 0.25) is 0 Å². The summed E-state index contributed by atoms with van der Waals surface area (Å²) in [6.07, 6.45) is 0.984. The van der Waals surface area contributed by atoms with Gasteiger partial charge in [-0.15, -0.1) is 0 Å². The highest BCUT2D eigenvalue weighted by Gasteiger charge is 2.14. The van der Waals surface area contributed by atoms with E-state index >= 15 is 0 Å². The Morgan fingerprint density at radius 3 is 2.67 bits per heavy atom. The van der Waals surface area contributed by atoms with Crippen molar-refractivity contribution in [3.05, 3.63) is 29.6 Å². The number of aliphatic hydroxyl groups excluding tert-OH is 1. The van der Waals surface area contributed by atoms with Gasteiger partial charge in [0.2, 0.25) is 0 Å². The molecule has 84 valence electrons. The van der Waals surface area contributed by atoms with Crippen LogP contribution in [-0.2, 0) is 6.61 Å². The molecular weight excluding hydrogens is 193 g/mol. The Morgan fingerprint density at radius 2 is 2.13 bits per heavy atom. The summed E-state index contributed by atoms with van der Waals surface area (Å²) in [5, 5.41) is 9.14. The molecule has 2 nitrogen and oxygen atoms in total. The average molecular weight is 211 g/mol. The van der Waals surface area contributed by atoms with E-state index in [4.69, 9.17) is 5.11 Å². The number of hydrogen-bond donors (Lipinski definition) is 1. The van der Waals surface area contributed by atoms with Crippen LogP contribution in [0.25, 0.3) is 0 Å². The molecule has 1 atom stereocenters. The van der Waals surface area contributed by atoms with Crippen LogP contribution < -0.4 is 4.90 Å². The van der Waals surface area contributed by atoms with Gasteiger partial charge in [-0.05, 0) is 25.5 Å². The van der Waals surface area contributed by atoms with E-state index in [0.29, 0.717) is 11.6 Å². The maximum absolute atomic E-state index is 13.4. The molecule has 1 N–H and O–H groups in total. The first-order chi connectivity index (χ1) is 7.11. The van der Waals surface area contributed by atoms with Crippen LogP contribution in [0.1, 0.15) is 25.8 Å². The maximum Gasteiger partial charge on any atom is 0.130 e. The van der Waals surface area contributed by atoms with Crippen molar-refractivity contribution in [2.45, 2.75) is 32.9 Å². The number of aliphatic hydroxyl groups is 1. The normalized spacial score (nSPS) is 12.6. The van der Waals surface area contributed by atoms with Crippen molar-refractivity contribution in [1.82, 2.24) is 0 Å². The van der Waals surface area contributed by atoms with Crippen LogP contribution in [0.3, 0.4) is 0 Å². The smallest absolute Gasteiger partial charge is 0.130 e. The number of anilines is 1. The van der Waals surface area contributed by atoms with Crippen molar-refractivity contribution < 1.29 is 9.50 Å². The molecule has 1 aromatic rings. The molecule has 0 spiro atoms. The van der Waals surface area contributed by atoms with Crippen molar-refractivity contribution in [3.8, 4) is 0 Å². The van der Waals surface area contributed by atoms with Crippen molar-refractivity contribution in [3.63, 3.8) is 0 Å². The first kappa shape index (κ1) is 12.0. The lowest BCUT2D eigenvalue weighted by Gasteiger charge is -2.28. The predicted molar refractivity (Wildman–Crippen MR) is 60.5 cm³/mol. The lowest BCUT2D eigenvalue weighted by molar-refractivity contribution is 0.276. The summed E-state index contributed by atoms with van der Waals surface area (Å²) >= 11 is 0. The van der Waals surface area contributed by atoms with Gasteiger partial charge in [-0.1, -0.05) is 13.0 Å². The van der Waals surface area contributed by atoms with Crippen LogP contribution >= 0.6 is 0 Å². The molecule has 1 aromatic carbocycles. The van der Waals surface area contributed by atoms with Gasteiger partial charge in [0, 0.05) is 24.3 Å². The van der Waals surface area contributed by atoms with Crippen LogP contribution in [0.4, 0.5) is 10.1 Å². The van der Waals surface area contributed by atoms with E-state index < -0.39 is 0 Å². The van der Waals surface area contributed by atoms with Gasteiger partial charge in [0.15, 0.2) is 0 Å². The van der Waals surface area contributed by atoms with Gasteiger partial charge in [-0.3, -0.25) is 0 Å². The summed E-state index contributed by atoms with van der Waals surface area (Å²) in [4.78, 5) is 1.99. The van der Waals surface area contributed by atoms with Crippen LogP contribution in [0.5, 0.6) is 0 Å². The molecule has 1 unspecified atom stereocenters. The first-order valence-corrected chi connectivity index (χ1v) is 5.22. The van der Waals surface area contributed by atoms with E-state index in [2.05, 4.69) is 13.8 Å². The molecule has 0 fully saturated rings. The Balaban J connectivity index is 3.07. The SMILES string of the molecule is CCC(C)N(C)c1cccc(F)c1CO. The quantitative estimate of drug-likeness (QED) is 0.827. The third-order valence-electron chi connectivity index (χ3n) is 2.88. The van der Waals surface area contributed by atoms with Crippen LogP contribution in [0.15, 0.2) is 18.2 Å². The maximum atomic E-state index is 13.4. The highest BCUT2D eigenvalue weighted by molar-refractivity contribution is 5.54. The molecule has 0 aliphatic heterocycles. The van der Waals surface area contributed by atoms with E-state index in [9.17, 15) is 4.39 Å². The highest BCUT2D eigenvalue weighted by atomic mass is 19.1. The minimum absolute atomic E-state index is 0.261. The van der Waals surface area contributed by atoms with Gasteiger partial charge in [0.25, 0.3) is 0 Å². The second-order valence-corrected chi connectivity index (χ2v) is 3.76. The molecule has 15 heavy (non-hydrogen) atoms. The van der Waals surface area contributed by atoms with Gasteiger partial charge < -0.3 is 10.0 Å². The third kappa shape index (κ3) is 2.48. The van der Waals surface area contributed by atoms with E-state index in [0.717, 1.165) is 12.1 Å². The van der Waals surface area contributed by atoms with Crippen LogP contribution in [-0.4, -0.2) is 18.2 Å². The molecule has 1 rings (SSSR count). The molecule has 0 aliphatic carbocycles. The molecule has 0 heterocycles. The number of nitrogens with zero attached hydrogens (tertiary/aromatic N) is 1. The zero-order chi connectivity index (χ0) is 11.4. The van der Waals surface area contributed by atoms with Crippen molar-refractivity contribution in [2.75, 3.05) is 11.9 Å².